The SMILES string of the molecule is O=C(CCCNc1nc2c(Br)cccn2n1)NC1CC1. The average Bonchev–Trinajstić information content (AvgIpc) is 3.12. The summed E-state index contributed by atoms with van der Waals surface area (Å²) in [5, 5.41) is 10.4. The van der Waals surface area contributed by atoms with Gasteiger partial charge in [-0.05, 0) is 47.3 Å². The Bertz CT molecular complexity index is 622. The molecule has 0 aromatic carbocycles. The molecule has 0 aliphatic heterocycles. The van der Waals surface area contributed by atoms with Crippen LogP contribution in [0, 0.1) is 0 Å². The highest BCUT2D eigenvalue weighted by atomic mass is 79.9. The normalized spacial score (nSPS) is 14.4. The monoisotopic (exact) mass is 337 g/mol. The minimum atomic E-state index is 0.139. The predicted octanol–water partition coefficient (Wildman–Crippen LogP) is 1.96. The summed E-state index contributed by atoms with van der Waals surface area (Å²) in [6, 6.07) is 4.27. The molecule has 2 heterocycles. The predicted molar refractivity (Wildman–Crippen MR) is 79.6 cm³/mol. The summed E-state index contributed by atoms with van der Waals surface area (Å²) in [6.07, 6.45) is 5.42. The van der Waals surface area contributed by atoms with Gasteiger partial charge in [-0.15, -0.1) is 5.10 Å². The van der Waals surface area contributed by atoms with Crippen molar-refractivity contribution in [2.45, 2.75) is 31.7 Å². The van der Waals surface area contributed by atoms with Crippen LogP contribution in [0.3, 0.4) is 0 Å². The van der Waals surface area contributed by atoms with Crippen LogP contribution in [0.4, 0.5) is 5.95 Å². The van der Waals surface area contributed by atoms with E-state index < -0.39 is 0 Å². The lowest BCUT2D eigenvalue weighted by Gasteiger charge is -2.03. The highest BCUT2D eigenvalue weighted by Crippen LogP contribution is 2.19. The molecule has 20 heavy (non-hydrogen) atoms. The molecule has 3 rings (SSSR count). The van der Waals surface area contributed by atoms with Crippen molar-refractivity contribution in [2.75, 3.05) is 11.9 Å². The van der Waals surface area contributed by atoms with Crippen LogP contribution in [0.1, 0.15) is 25.7 Å². The third kappa shape index (κ3) is 3.27. The molecule has 2 aromatic rings. The van der Waals surface area contributed by atoms with Gasteiger partial charge in [-0.2, -0.15) is 4.98 Å². The first-order valence-corrected chi connectivity index (χ1v) is 7.56. The molecule has 0 spiro atoms. The van der Waals surface area contributed by atoms with Crippen molar-refractivity contribution in [1.82, 2.24) is 19.9 Å². The van der Waals surface area contributed by atoms with E-state index in [1.54, 1.807) is 4.52 Å². The second-order valence-electron chi connectivity index (χ2n) is 4.93. The zero-order valence-electron chi connectivity index (χ0n) is 11.0. The Kier molecular flexibility index (Phi) is 3.86. The van der Waals surface area contributed by atoms with Crippen molar-refractivity contribution in [1.29, 1.82) is 0 Å². The van der Waals surface area contributed by atoms with Gasteiger partial charge in [-0.1, -0.05) is 0 Å². The first-order chi connectivity index (χ1) is 9.72. The summed E-state index contributed by atoms with van der Waals surface area (Å²) in [4.78, 5) is 15.9. The third-order valence-electron chi connectivity index (χ3n) is 3.12. The van der Waals surface area contributed by atoms with Crippen LogP contribution in [0.2, 0.25) is 0 Å². The Hall–Kier alpha value is -1.63. The number of anilines is 1. The number of rotatable bonds is 6. The van der Waals surface area contributed by atoms with Crippen molar-refractivity contribution < 1.29 is 4.79 Å². The maximum atomic E-state index is 11.5. The average molecular weight is 338 g/mol. The van der Waals surface area contributed by atoms with Gasteiger partial charge in [0, 0.05) is 25.2 Å². The van der Waals surface area contributed by atoms with Crippen molar-refractivity contribution in [3.63, 3.8) is 0 Å². The van der Waals surface area contributed by atoms with Gasteiger partial charge in [0.05, 0.1) is 4.47 Å². The lowest BCUT2D eigenvalue weighted by atomic mass is 10.3. The fraction of sp³-hybridized carbons (Fsp3) is 0.462. The molecule has 1 fully saturated rings. The maximum Gasteiger partial charge on any atom is 0.243 e. The molecule has 0 atom stereocenters. The number of hydrogen-bond donors (Lipinski definition) is 2. The van der Waals surface area contributed by atoms with Crippen LogP contribution in [0.15, 0.2) is 22.8 Å². The molecule has 0 unspecified atom stereocenters. The number of amides is 1. The first kappa shape index (κ1) is 13.4. The molecule has 6 nitrogen and oxygen atoms in total. The summed E-state index contributed by atoms with van der Waals surface area (Å²) >= 11 is 3.44. The molecule has 0 saturated heterocycles. The minimum absolute atomic E-state index is 0.139. The zero-order chi connectivity index (χ0) is 13.9. The van der Waals surface area contributed by atoms with Gasteiger partial charge < -0.3 is 10.6 Å². The quantitative estimate of drug-likeness (QED) is 0.790. The first-order valence-electron chi connectivity index (χ1n) is 6.76. The van der Waals surface area contributed by atoms with Crippen molar-refractivity contribution in [3.05, 3.63) is 22.8 Å². The Morgan fingerprint density at radius 3 is 3.10 bits per heavy atom. The van der Waals surface area contributed by atoms with Crippen LogP contribution in [-0.4, -0.2) is 33.1 Å². The summed E-state index contributed by atoms with van der Waals surface area (Å²) in [6.45, 7) is 0.687. The number of nitrogens with zero attached hydrogens (tertiary/aromatic N) is 3. The van der Waals surface area contributed by atoms with Gasteiger partial charge in [0.2, 0.25) is 11.9 Å². The van der Waals surface area contributed by atoms with E-state index in [1.165, 1.54) is 0 Å². The van der Waals surface area contributed by atoms with E-state index in [4.69, 9.17) is 0 Å². The molecule has 1 amide bonds. The van der Waals surface area contributed by atoms with Crippen LogP contribution in [-0.2, 0) is 4.79 Å². The van der Waals surface area contributed by atoms with Gasteiger partial charge in [-0.3, -0.25) is 4.79 Å². The summed E-state index contributed by atoms with van der Waals surface area (Å²) in [5.74, 6) is 0.722. The fourth-order valence-corrected chi connectivity index (χ4v) is 2.35. The van der Waals surface area contributed by atoms with Gasteiger partial charge >= 0.3 is 0 Å². The molecular weight excluding hydrogens is 322 g/mol. The molecule has 7 heteroatoms. The molecule has 1 aliphatic rings. The molecule has 0 bridgehead atoms. The second kappa shape index (κ2) is 5.78. The highest BCUT2D eigenvalue weighted by Gasteiger charge is 2.22. The third-order valence-corrected chi connectivity index (χ3v) is 3.74. The number of nitrogens with one attached hydrogen (secondary N) is 2. The Balaban J connectivity index is 1.47. The summed E-state index contributed by atoms with van der Waals surface area (Å²) in [5.41, 5.74) is 0.779. The Labute approximate surface area is 125 Å². The van der Waals surface area contributed by atoms with Crippen molar-refractivity contribution in [3.8, 4) is 0 Å². The number of carbonyl (C=O) groups excluding carboxylic acids is 1. The van der Waals surface area contributed by atoms with E-state index in [9.17, 15) is 4.79 Å². The van der Waals surface area contributed by atoms with Crippen LogP contribution in [0.5, 0.6) is 0 Å². The van der Waals surface area contributed by atoms with E-state index in [0.717, 1.165) is 29.4 Å². The lowest BCUT2D eigenvalue weighted by Crippen LogP contribution is -2.25. The highest BCUT2D eigenvalue weighted by molar-refractivity contribution is 9.10. The Morgan fingerprint density at radius 1 is 1.50 bits per heavy atom. The molecule has 1 saturated carbocycles. The topological polar surface area (TPSA) is 71.3 Å². The lowest BCUT2D eigenvalue weighted by molar-refractivity contribution is -0.121. The molecule has 2 N–H and O–H groups in total. The van der Waals surface area contributed by atoms with E-state index in [-0.39, 0.29) is 5.91 Å². The fourth-order valence-electron chi connectivity index (χ4n) is 1.93. The van der Waals surface area contributed by atoms with Crippen molar-refractivity contribution in [2.24, 2.45) is 0 Å². The van der Waals surface area contributed by atoms with Gasteiger partial charge in [0.1, 0.15) is 0 Å². The number of hydrogen-bond acceptors (Lipinski definition) is 4. The number of pyridine rings is 1. The molecule has 1 aliphatic carbocycles. The van der Waals surface area contributed by atoms with Gasteiger partial charge in [0.25, 0.3) is 0 Å². The number of halogens is 1. The number of aromatic nitrogens is 3. The van der Waals surface area contributed by atoms with E-state index >= 15 is 0 Å². The van der Waals surface area contributed by atoms with Gasteiger partial charge in [0.15, 0.2) is 5.65 Å². The number of carbonyl (C=O) groups is 1. The second-order valence-corrected chi connectivity index (χ2v) is 5.79. The maximum absolute atomic E-state index is 11.5. The van der Waals surface area contributed by atoms with E-state index in [0.29, 0.717) is 25.0 Å². The molecule has 0 radical (unpaired) electrons. The van der Waals surface area contributed by atoms with Gasteiger partial charge in [-0.25, -0.2) is 4.52 Å². The molecule has 106 valence electrons. The molecular formula is C13H16BrN5O. The zero-order valence-corrected chi connectivity index (χ0v) is 12.6. The van der Waals surface area contributed by atoms with Crippen molar-refractivity contribution >= 4 is 33.4 Å². The largest absolute Gasteiger partial charge is 0.353 e. The summed E-state index contributed by atoms with van der Waals surface area (Å²) in [7, 11) is 0. The van der Waals surface area contributed by atoms with E-state index in [2.05, 4.69) is 36.6 Å². The smallest absolute Gasteiger partial charge is 0.243 e. The summed E-state index contributed by atoms with van der Waals surface area (Å²) < 4.78 is 2.62. The van der Waals surface area contributed by atoms with E-state index in [1.807, 2.05) is 18.3 Å². The van der Waals surface area contributed by atoms with Crippen LogP contribution >= 0.6 is 15.9 Å². The standard InChI is InChI=1S/C13H16BrN5O/c14-10-3-2-8-19-12(10)17-13(18-19)15-7-1-4-11(20)16-9-5-6-9/h2-3,8-9H,1,4-7H2,(H,15,18)(H,16,20). The van der Waals surface area contributed by atoms with Crippen LogP contribution < -0.4 is 10.6 Å². The molecule has 2 aromatic heterocycles. The van der Waals surface area contributed by atoms with Crippen LogP contribution in [0.25, 0.3) is 5.65 Å². The minimum Gasteiger partial charge on any atom is -0.353 e. The number of fused-ring (bicyclic) bond motifs is 1. The Morgan fingerprint density at radius 2 is 2.35 bits per heavy atom.